The Kier molecular flexibility index (Phi) is 4.57. The fraction of sp³-hybridized carbons (Fsp3) is 0.500. The second-order valence-electron chi connectivity index (χ2n) is 5.15. The van der Waals surface area contributed by atoms with Crippen LogP contribution in [-0.4, -0.2) is 23.9 Å². The summed E-state index contributed by atoms with van der Waals surface area (Å²) in [4.78, 5) is 14.1. The highest BCUT2D eigenvalue weighted by Gasteiger charge is 2.30. The van der Waals surface area contributed by atoms with Gasteiger partial charge in [0, 0.05) is 19.0 Å². The van der Waals surface area contributed by atoms with Crippen molar-refractivity contribution in [2.75, 3.05) is 13.1 Å². The minimum Gasteiger partial charge on any atom is -0.341 e. The zero-order valence-corrected chi connectivity index (χ0v) is 11.4. The lowest BCUT2D eigenvalue weighted by molar-refractivity contribution is -0.132. The van der Waals surface area contributed by atoms with Crippen LogP contribution in [0.4, 0.5) is 0 Å². The first-order chi connectivity index (χ1) is 9.26. The molecule has 19 heavy (non-hydrogen) atoms. The van der Waals surface area contributed by atoms with Gasteiger partial charge >= 0.3 is 0 Å². The van der Waals surface area contributed by atoms with Crippen molar-refractivity contribution >= 4 is 5.91 Å². The van der Waals surface area contributed by atoms with Crippen LogP contribution in [0, 0.1) is 17.2 Å². The van der Waals surface area contributed by atoms with Crippen LogP contribution in [0.1, 0.15) is 37.7 Å². The van der Waals surface area contributed by atoms with Crippen LogP contribution in [0.3, 0.4) is 0 Å². The van der Waals surface area contributed by atoms with Crippen LogP contribution >= 0.6 is 0 Å². The van der Waals surface area contributed by atoms with Gasteiger partial charge in [0.1, 0.15) is 5.92 Å². The molecule has 0 radical (unpaired) electrons. The van der Waals surface area contributed by atoms with E-state index in [0.29, 0.717) is 12.3 Å². The average molecular weight is 256 g/mol. The number of carbonyl (C=O) groups is 1. The third-order valence-corrected chi connectivity index (χ3v) is 3.80. The van der Waals surface area contributed by atoms with E-state index in [-0.39, 0.29) is 5.91 Å². The van der Waals surface area contributed by atoms with Gasteiger partial charge in [0.25, 0.3) is 0 Å². The molecule has 1 amide bonds. The number of nitriles is 1. The highest BCUT2D eigenvalue weighted by Crippen LogP contribution is 2.28. The summed E-state index contributed by atoms with van der Waals surface area (Å²) in [7, 11) is 0. The number of amides is 1. The van der Waals surface area contributed by atoms with E-state index in [4.69, 9.17) is 5.26 Å². The van der Waals surface area contributed by atoms with E-state index in [2.05, 4.69) is 18.2 Å². The van der Waals surface area contributed by atoms with Gasteiger partial charge in [-0.05, 0) is 18.4 Å². The lowest BCUT2D eigenvalue weighted by atomic mass is 9.98. The van der Waals surface area contributed by atoms with Gasteiger partial charge in [0.2, 0.25) is 5.91 Å². The maximum Gasteiger partial charge on any atom is 0.239 e. The van der Waals surface area contributed by atoms with E-state index in [1.807, 2.05) is 30.0 Å². The predicted molar refractivity (Wildman–Crippen MR) is 74.4 cm³/mol. The first-order valence-corrected chi connectivity index (χ1v) is 6.99. The topological polar surface area (TPSA) is 44.1 Å². The van der Waals surface area contributed by atoms with Gasteiger partial charge in [-0.3, -0.25) is 4.79 Å². The maximum atomic E-state index is 12.2. The van der Waals surface area contributed by atoms with Gasteiger partial charge in [0.05, 0.1) is 6.07 Å². The minimum absolute atomic E-state index is 0.0165. The maximum absolute atomic E-state index is 12.2. The largest absolute Gasteiger partial charge is 0.341 e. The molecule has 2 rings (SSSR count). The number of nitrogens with zero attached hydrogens (tertiary/aromatic N) is 2. The van der Waals surface area contributed by atoms with E-state index in [1.165, 1.54) is 5.56 Å². The molecule has 0 saturated carbocycles. The van der Waals surface area contributed by atoms with Gasteiger partial charge in [-0.15, -0.1) is 0 Å². The van der Waals surface area contributed by atoms with E-state index in [9.17, 15) is 4.79 Å². The van der Waals surface area contributed by atoms with E-state index in [1.54, 1.807) is 0 Å². The molecule has 0 aromatic heterocycles. The number of rotatable bonds is 4. The van der Waals surface area contributed by atoms with Crippen LogP contribution in [0.15, 0.2) is 30.3 Å². The molecule has 3 nitrogen and oxygen atoms in total. The molecule has 3 heteroatoms. The van der Waals surface area contributed by atoms with Crippen LogP contribution in [0.25, 0.3) is 0 Å². The molecule has 0 spiro atoms. The SMILES string of the molecule is CCCC(C#N)C(=O)N1CCC(c2ccccc2)C1. The standard InChI is InChI=1S/C16H20N2O/c1-2-6-14(11-17)16(19)18-10-9-15(12-18)13-7-4-3-5-8-13/h3-5,7-8,14-15H,2,6,9-10,12H2,1H3. The molecular formula is C16H20N2O. The third-order valence-electron chi connectivity index (χ3n) is 3.80. The molecule has 2 unspecified atom stereocenters. The number of hydrogen-bond acceptors (Lipinski definition) is 2. The summed E-state index contributed by atoms with van der Waals surface area (Å²) in [6.45, 7) is 3.54. The summed E-state index contributed by atoms with van der Waals surface area (Å²) in [6.07, 6.45) is 2.54. The van der Waals surface area contributed by atoms with E-state index < -0.39 is 5.92 Å². The van der Waals surface area contributed by atoms with Gasteiger partial charge in [0.15, 0.2) is 0 Å². The Morgan fingerprint density at radius 3 is 2.84 bits per heavy atom. The molecule has 2 atom stereocenters. The normalized spacial score (nSPS) is 20.0. The molecule has 0 aliphatic carbocycles. The molecule has 100 valence electrons. The average Bonchev–Trinajstić information content (AvgIpc) is 2.95. The fourth-order valence-electron chi connectivity index (χ4n) is 2.71. The predicted octanol–water partition coefficient (Wildman–Crippen LogP) is 2.94. The summed E-state index contributed by atoms with van der Waals surface area (Å²) in [5, 5.41) is 9.07. The zero-order valence-electron chi connectivity index (χ0n) is 11.4. The molecule has 0 N–H and O–H groups in total. The van der Waals surface area contributed by atoms with E-state index in [0.717, 1.165) is 25.9 Å². The second-order valence-corrected chi connectivity index (χ2v) is 5.15. The molecule has 1 fully saturated rings. The number of hydrogen-bond donors (Lipinski definition) is 0. The summed E-state index contributed by atoms with van der Waals surface area (Å²) in [5.74, 6) is -0.0200. The lowest BCUT2D eigenvalue weighted by Gasteiger charge is -2.19. The minimum atomic E-state index is -0.459. The lowest BCUT2D eigenvalue weighted by Crippen LogP contribution is -2.33. The van der Waals surface area contributed by atoms with Crippen LogP contribution in [-0.2, 0) is 4.79 Å². The van der Waals surface area contributed by atoms with Crippen molar-refractivity contribution in [2.24, 2.45) is 5.92 Å². The molecule has 1 aliphatic heterocycles. The van der Waals surface area contributed by atoms with Gasteiger partial charge in [-0.25, -0.2) is 0 Å². The number of likely N-dealkylation sites (tertiary alicyclic amines) is 1. The molecular weight excluding hydrogens is 236 g/mol. The molecule has 1 aliphatic rings. The van der Waals surface area contributed by atoms with Crippen molar-refractivity contribution in [3.8, 4) is 6.07 Å². The van der Waals surface area contributed by atoms with Crippen molar-refractivity contribution < 1.29 is 4.79 Å². The zero-order chi connectivity index (χ0) is 13.7. The van der Waals surface area contributed by atoms with Gasteiger partial charge in [-0.2, -0.15) is 5.26 Å². The molecule has 1 aromatic rings. The van der Waals surface area contributed by atoms with Crippen molar-refractivity contribution in [1.82, 2.24) is 4.90 Å². The molecule has 1 heterocycles. The Bertz CT molecular complexity index is 463. The van der Waals surface area contributed by atoms with Crippen LogP contribution in [0.5, 0.6) is 0 Å². The Morgan fingerprint density at radius 1 is 1.47 bits per heavy atom. The Balaban J connectivity index is 1.99. The Hall–Kier alpha value is -1.82. The summed E-state index contributed by atoms with van der Waals surface area (Å²) < 4.78 is 0. The number of carbonyl (C=O) groups excluding carboxylic acids is 1. The first-order valence-electron chi connectivity index (χ1n) is 6.99. The molecule has 0 bridgehead atoms. The Morgan fingerprint density at radius 2 is 2.21 bits per heavy atom. The Labute approximate surface area is 114 Å². The summed E-state index contributed by atoms with van der Waals surface area (Å²) >= 11 is 0. The van der Waals surface area contributed by atoms with Crippen molar-refractivity contribution in [1.29, 1.82) is 5.26 Å². The second kappa shape index (κ2) is 6.38. The van der Waals surface area contributed by atoms with E-state index >= 15 is 0 Å². The highest BCUT2D eigenvalue weighted by molar-refractivity contribution is 5.81. The smallest absolute Gasteiger partial charge is 0.239 e. The van der Waals surface area contributed by atoms with Crippen molar-refractivity contribution in [3.05, 3.63) is 35.9 Å². The molecule has 1 aromatic carbocycles. The molecule has 1 saturated heterocycles. The first kappa shape index (κ1) is 13.6. The van der Waals surface area contributed by atoms with Crippen LogP contribution in [0.2, 0.25) is 0 Å². The fourth-order valence-corrected chi connectivity index (χ4v) is 2.71. The quantitative estimate of drug-likeness (QED) is 0.831. The third kappa shape index (κ3) is 3.14. The van der Waals surface area contributed by atoms with Crippen LogP contribution < -0.4 is 0 Å². The summed E-state index contributed by atoms with van der Waals surface area (Å²) in [6, 6.07) is 12.5. The monoisotopic (exact) mass is 256 g/mol. The van der Waals surface area contributed by atoms with Gasteiger partial charge < -0.3 is 4.90 Å². The van der Waals surface area contributed by atoms with Gasteiger partial charge in [-0.1, -0.05) is 43.7 Å². The van der Waals surface area contributed by atoms with Crippen molar-refractivity contribution in [2.45, 2.75) is 32.1 Å². The number of benzene rings is 1. The highest BCUT2D eigenvalue weighted by atomic mass is 16.2. The van der Waals surface area contributed by atoms with Crippen molar-refractivity contribution in [3.63, 3.8) is 0 Å². The summed E-state index contributed by atoms with van der Waals surface area (Å²) in [5.41, 5.74) is 1.29.